The Balaban J connectivity index is 1.67. The summed E-state index contributed by atoms with van der Waals surface area (Å²) < 4.78 is 0. The number of pyridine rings is 1. The first kappa shape index (κ1) is 17.7. The lowest BCUT2D eigenvalue weighted by atomic mass is 9.90. The number of nitrogen functional groups attached to an aromatic ring is 1. The number of hydrogen-bond donors (Lipinski definition) is 3. The van der Waals surface area contributed by atoms with E-state index in [4.69, 9.17) is 16.5 Å². The second kappa shape index (κ2) is 8.83. The van der Waals surface area contributed by atoms with E-state index >= 15 is 0 Å². The molecule has 0 amide bonds. The smallest absolute Gasteiger partial charge is 0.0607 e. The lowest BCUT2D eigenvalue weighted by molar-refractivity contribution is 0.180. The number of hydrogen-bond acceptors (Lipinski definition) is 5. The Morgan fingerprint density at radius 3 is 2.88 bits per heavy atom. The Morgan fingerprint density at radius 2 is 2.04 bits per heavy atom. The fraction of sp³-hybridized carbons (Fsp3) is 0.450. The molecule has 3 rings (SSSR count). The summed E-state index contributed by atoms with van der Waals surface area (Å²) in [6, 6.07) is 12.6. The molecule has 5 heteroatoms. The number of nitrogens with one attached hydrogen (secondary N) is 1. The maximum absolute atomic E-state index is 6.02. The molecule has 0 radical (unpaired) electrons. The molecule has 1 aliphatic rings. The van der Waals surface area contributed by atoms with Crippen molar-refractivity contribution in [3.8, 4) is 0 Å². The Kier molecular flexibility index (Phi) is 6.25. The lowest BCUT2D eigenvalue weighted by Gasteiger charge is -2.35. The Morgan fingerprint density at radius 1 is 1.16 bits per heavy atom. The van der Waals surface area contributed by atoms with Gasteiger partial charge in [-0.25, -0.2) is 0 Å². The Bertz CT molecular complexity index is 673. The van der Waals surface area contributed by atoms with Crippen molar-refractivity contribution in [2.75, 3.05) is 37.2 Å². The van der Waals surface area contributed by atoms with Gasteiger partial charge in [0.2, 0.25) is 0 Å². The van der Waals surface area contributed by atoms with Crippen LogP contribution in [0.2, 0.25) is 0 Å². The van der Waals surface area contributed by atoms with Crippen LogP contribution in [-0.4, -0.2) is 36.1 Å². The molecule has 5 N–H and O–H groups in total. The molecule has 5 nitrogen and oxygen atoms in total. The number of aromatic nitrogens is 1. The number of benzene rings is 1. The third-order valence-electron chi connectivity index (χ3n) is 4.93. The fourth-order valence-electron chi connectivity index (χ4n) is 3.65. The monoisotopic (exact) mass is 339 g/mol. The lowest BCUT2D eigenvalue weighted by Crippen LogP contribution is -2.37. The van der Waals surface area contributed by atoms with Gasteiger partial charge in [0.1, 0.15) is 0 Å². The van der Waals surface area contributed by atoms with Crippen LogP contribution in [0.5, 0.6) is 0 Å². The first-order valence-corrected chi connectivity index (χ1v) is 9.26. The van der Waals surface area contributed by atoms with Gasteiger partial charge in [-0.15, -0.1) is 0 Å². The van der Waals surface area contributed by atoms with Crippen molar-refractivity contribution in [1.82, 2.24) is 9.88 Å². The van der Waals surface area contributed by atoms with Gasteiger partial charge in [0.05, 0.1) is 23.1 Å². The van der Waals surface area contributed by atoms with Gasteiger partial charge in [-0.1, -0.05) is 18.2 Å². The van der Waals surface area contributed by atoms with Crippen molar-refractivity contribution in [3.05, 3.63) is 53.9 Å². The molecule has 0 fully saturated rings. The minimum atomic E-state index is 0.395. The minimum absolute atomic E-state index is 0.395. The molecule has 2 aromatic rings. The summed E-state index contributed by atoms with van der Waals surface area (Å²) >= 11 is 0. The van der Waals surface area contributed by atoms with Gasteiger partial charge in [0.15, 0.2) is 0 Å². The molecular formula is C20H29N5. The second-order valence-corrected chi connectivity index (χ2v) is 6.65. The third kappa shape index (κ3) is 4.50. The van der Waals surface area contributed by atoms with E-state index in [1.54, 1.807) is 0 Å². The molecule has 1 aromatic heterocycles. The van der Waals surface area contributed by atoms with Crippen LogP contribution in [0.1, 0.15) is 36.6 Å². The van der Waals surface area contributed by atoms with E-state index in [1.165, 1.54) is 24.1 Å². The molecule has 0 spiro atoms. The Hall–Kier alpha value is -2.11. The molecule has 25 heavy (non-hydrogen) atoms. The van der Waals surface area contributed by atoms with Gasteiger partial charge < -0.3 is 16.8 Å². The number of nitrogens with two attached hydrogens (primary N) is 2. The summed E-state index contributed by atoms with van der Waals surface area (Å²) in [6.45, 7) is 3.53. The maximum atomic E-state index is 6.02. The van der Waals surface area contributed by atoms with Crippen LogP contribution in [0.25, 0.3) is 0 Å². The molecule has 0 bridgehead atoms. The number of rotatable bonds is 8. The van der Waals surface area contributed by atoms with Crippen molar-refractivity contribution in [3.63, 3.8) is 0 Å². The molecule has 1 unspecified atom stereocenters. The summed E-state index contributed by atoms with van der Waals surface area (Å²) in [6.07, 6.45) is 6.46. The highest BCUT2D eigenvalue weighted by atomic mass is 15.2. The van der Waals surface area contributed by atoms with Crippen molar-refractivity contribution in [2.24, 2.45) is 5.73 Å². The summed E-state index contributed by atoms with van der Waals surface area (Å²) in [7, 11) is 0. The van der Waals surface area contributed by atoms with E-state index in [0.717, 1.165) is 50.4 Å². The first-order chi connectivity index (χ1) is 12.3. The van der Waals surface area contributed by atoms with Gasteiger partial charge >= 0.3 is 0 Å². The van der Waals surface area contributed by atoms with Gasteiger partial charge in [-0.3, -0.25) is 9.88 Å². The maximum Gasteiger partial charge on any atom is 0.0607 e. The van der Waals surface area contributed by atoms with E-state index in [2.05, 4.69) is 16.3 Å². The highest BCUT2D eigenvalue weighted by molar-refractivity contribution is 5.65. The van der Waals surface area contributed by atoms with Crippen LogP contribution < -0.4 is 16.8 Å². The third-order valence-corrected chi connectivity index (χ3v) is 4.93. The highest BCUT2D eigenvalue weighted by Gasteiger charge is 2.26. The molecular weight excluding hydrogens is 310 g/mol. The van der Waals surface area contributed by atoms with Gasteiger partial charge in [0, 0.05) is 25.8 Å². The van der Waals surface area contributed by atoms with Gasteiger partial charge in [-0.05, 0) is 56.0 Å². The van der Waals surface area contributed by atoms with Crippen LogP contribution in [0, 0.1) is 0 Å². The predicted octanol–water partition coefficient (Wildman–Crippen LogP) is 2.80. The van der Waals surface area contributed by atoms with E-state index in [9.17, 15) is 0 Å². The zero-order valence-electron chi connectivity index (χ0n) is 14.8. The largest absolute Gasteiger partial charge is 0.397 e. The second-order valence-electron chi connectivity index (χ2n) is 6.65. The topological polar surface area (TPSA) is 80.2 Å². The summed E-state index contributed by atoms with van der Waals surface area (Å²) in [5, 5.41) is 3.46. The average molecular weight is 339 g/mol. The van der Waals surface area contributed by atoms with Crippen LogP contribution in [0.4, 0.5) is 11.4 Å². The minimum Gasteiger partial charge on any atom is -0.397 e. The Labute approximate surface area is 150 Å². The molecule has 0 aliphatic heterocycles. The summed E-state index contributed by atoms with van der Waals surface area (Å²) in [5.41, 5.74) is 16.2. The number of anilines is 2. The summed E-state index contributed by atoms with van der Waals surface area (Å²) in [4.78, 5) is 7.23. The van der Waals surface area contributed by atoms with Crippen molar-refractivity contribution in [1.29, 1.82) is 0 Å². The molecule has 134 valence electrons. The SMILES string of the molecule is NCCCN(CCNc1ccccc1N)C1CCCc2cccnc21. The molecule has 0 saturated heterocycles. The molecule has 0 saturated carbocycles. The normalized spacial score (nSPS) is 16.6. The van der Waals surface area contributed by atoms with E-state index < -0.39 is 0 Å². The molecule has 1 aliphatic carbocycles. The zero-order chi connectivity index (χ0) is 17.5. The average Bonchev–Trinajstić information content (AvgIpc) is 2.65. The number of para-hydroxylation sites is 2. The van der Waals surface area contributed by atoms with E-state index in [0.29, 0.717) is 6.04 Å². The number of nitrogens with zero attached hydrogens (tertiary/aromatic N) is 2. The first-order valence-electron chi connectivity index (χ1n) is 9.26. The zero-order valence-corrected chi connectivity index (χ0v) is 14.8. The highest BCUT2D eigenvalue weighted by Crippen LogP contribution is 2.32. The summed E-state index contributed by atoms with van der Waals surface area (Å²) in [5.74, 6) is 0. The van der Waals surface area contributed by atoms with Crippen LogP contribution >= 0.6 is 0 Å². The van der Waals surface area contributed by atoms with Crippen molar-refractivity contribution < 1.29 is 0 Å². The van der Waals surface area contributed by atoms with Crippen molar-refractivity contribution in [2.45, 2.75) is 31.7 Å². The predicted molar refractivity (Wildman–Crippen MR) is 105 cm³/mol. The van der Waals surface area contributed by atoms with Crippen molar-refractivity contribution >= 4 is 11.4 Å². The van der Waals surface area contributed by atoms with Gasteiger partial charge in [-0.2, -0.15) is 0 Å². The quantitative estimate of drug-likeness (QED) is 0.645. The number of aryl methyl sites for hydroxylation is 1. The standard InChI is InChI=1S/C20H29N5/c21-11-5-14-25(15-13-23-18-9-2-1-8-17(18)22)19-10-3-6-16-7-4-12-24-20(16)19/h1-2,4,7-9,12,19,23H,3,5-6,10-11,13-15,21-22H2. The molecule has 1 atom stereocenters. The van der Waals surface area contributed by atoms with Crippen LogP contribution in [0.3, 0.4) is 0 Å². The van der Waals surface area contributed by atoms with Crippen LogP contribution in [0.15, 0.2) is 42.6 Å². The van der Waals surface area contributed by atoms with Crippen LogP contribution in [-0.2, 0) is 6.42 Å². The van der Waals surface area contributed by atoms with Gasteiger partial charge in [0.25, 0.3) is 0 Å². The molecule has 1 aromatic carbocycles. The number of fused-ring (bicyclic) bond motifs is 1. The molecule has 1 heterocycles. The van der Waals surface area contributed by atoms with E-state index in [1.807, 2.05) is 36.5 Å². The fourth-order valence-corrected chi connectivity index (χ4v) is 3.65. The van der Waals surface area contributed by atoms with E-state index in [-0.39, 0.29) is 0 Å².